The first-order valence-corrected chi connectivity index (χ1v) is 2.79. The molecule has 1 heterocycles. The van der Waals surface area contributed by atoms with E-state index in [9.17, 15) is 9.90 Å². The van der Waals surface area contributed by atoms with E-state index in [-0.39, 0.29) is 63.7 Å². The van der Waals surface area contributed by atoms with Crippen LogP contribution in [0, 0.1) is 6.92 Å². The van der Waals surface area contributed by atoms with Crippen molar-refractivity contribution in [3.8, 4) is 0 Å². The minimum atomic E-state index is -1.18. The molecule has 1 rings (SSSR count). The predicted octanol–water partition coefficient (Wildman–Crippen LogP) is -3.72. The molecule has 0 spiro atoms. The van der Waals surface area contributed by atoms with Gasteiger partial charge in [-0.25, -0.2) is 4.98 Å². The third-order valence-corrected chi connectivity index (χ3v) is 0.965. The summed E-state index contributed by atoms with van der Waals surface area (Å²) >= 11 is 0. The molecule has 4 nitrogen and oxygen atoms in total. The Labute approximate surface area is 106 Å². The molecule has 0 unspecified atom stereocenters. The van der Waals surface area contributed by atoms with Gasteiger partial charge in [0.15, 0.2) is 5.89 Å². The number of oxazole rings is 1. The summed E-state index contributed by atoms with van der Waals surface area (Å²) in [5.41, 5.74) is 0. The maximum absolute atomic E-state index is 9.97. The van der Waals surface area contributed by atoms with Crippen LogP contribution < -0.4 is 56.5 Å². The topological polar surface area (TPSA) is 66.2 Å². The number of hydrogen-bond donors (Lipinski definition) is 0. The number of nitrogens with zero attached hydrogens (tertiary/aromatic N) is 1. The van der Waals surface area contributed by atoms with Crippen LogP contribution in [0.3, 0.4) is 0 Å². The van der Waals surface area contributed by atoms with Crippen LogP contribution in [0.1, 0.15) is 11.7 Å². The number of aryl methyl sites for hydroxylation is 1. The normalized spacial score (nSPS) is 8.82. The molecule has 0 aromatic carbocycles. The van der Waals surface area contributed by atoms with E-state index in [4.69, 9.17) is 4.42 Å². The van der Waals surface area contributed by atoms with Crippen LogP contribution in [-0.4, -0.2) is 11.0 Å². The SMILES string of the molecule is Cc1cnc(CC(=O)[O-])o1.[K+]. The van der Waals surface area contributed by atoms with E-state index in [0.29, 0.717) is 5.76 Å². The Balaban J connectivity index is 0.000001000. The maximum atomic E-state index is 9.97. The van der Waals surface area contributed by atoms with Gasteiger partial charge in [0.05, 0.1) is 18.6 Å². The molecule has 54 valence electrons. The number of carbonyl (C=O) groups excluding carboxylic acids is 1. The van der Waals surface area contributed by atoms with E-state index in [0.717, 1.165) is 0 Å². The number of aliphatic carboxylic acids is 1. The van der Waals surface area contributed by atoms with E-state index in [1.54, 1.807) is 6.92 Å². The summed E-state index contributed by atoms with van der Waals surface area (Å²) in [4.78, 5) is 13.6. The Morgan fingerprint density at radius 1 is 1.82 bits per heavy atom. The van der Waals surface area contributed by atoms with Crippen molar-refractivity contribution < 1.29 is 65.7 Å². The van der Waals surface area contributed by atoms with Gasteiger partial charge in [-0.05, 0) is 6.92 Å². The van der Waals surface area contributed by atoms with Crippen molar-refractivity contribution in [2.45, 2.75) is 13.3 Å². The molecule has 0 amide bonds. The molecule has 5 heteroatoms. The Morgan fingerprint density at radius 2 is 2.45 bits per heavy atom. The number of hydrogen-bond acceptors (Lipinski definition) is 4. The number of carbonyl (C=O) groups is 1. The smallest absolute Gasteiger partial charge is 0.550 e. The Kier molecular flexibility index (Phi) is 5.19. The predicted molar refractivity (Wildman–Crippen MR) is 30.0 cm³/mol. The first-order valence-electron chi connectivity index (χ1n) is 2.79. The van der Waals surface area contributed by atoms with Crippen molar-refractivity contribution in [2.24, 2.45) is 0 Å². The van der Waals surface area contributed by atoms with E-state index < -0.39 is 5.97 Å². The van der Waals surface area contributed by atoms with Gasteiger partial charge in [-0.3, -0.25) is 0 Å². The van der Waals surface area contributed by atoms with Crippen molar-refractivity contribution in [3.63, 3.8) is 0 Å². The molecule has 0 N–H and O–H groups in total. The first-order chi connectivity index (χ1) is 4.68. The van der Waals surface area contributed by atoms with Gasteiger partial charge in [-0.1, -0.05) is 0 Å². The molecule has 0 aliphatic rings. The van der Waals surface area contributed by atoms with E-state index in [2.05, 4.69) is 4.98 Å². The average Bonchev–Trinajstić information content (AvgIpc) is 2.13. The minimum Gasteiger partial charge on any atom is -0.550 e. The molecular formula is C6H6KNO3. The van der Waals surface area contributed by atoms with Gasteiger partial charge < -0.3 is 14.3 Å². The summed E-state index contributed by atoms with van der Waals surface area (Å²) in [6, 6.07) is 0. The van der Waals surface area contributed by atoms with Gasteiger partial charge >= 0.3 is 51.4 Å². The van der Waals surface area contributed by atoms with Crippen molar-refractivity contribution in [2.75, 3.05) is 0 Å². The van der Waals surface area contributed by atoms with E-state index in [1.165, 1.54) is 6.20 Å². The van der Waals surface area contributed by atoms with Crippen LogP contribution in [0.15, 0.2) is 10.6 Å². The number of carboxylic acid groups (broad SMARTS) is 1. The van der Waals surface area contributed by atoms with Gasteiger partial charge in [0, 0.05) is 0 Å². The van der Waals surface area contributed by atoms with Gasteiger partial charge in [0.25, 0.3) is 0 Å². The second kappa shape index (κ2) is 5.05. The van der Waals surface area contributed by atoms with E-state index >= 15 is 0 Å². The van der Waals surface area contributed by atoms with Gasteiger partial charge in [-0.15, -0.1) is 0 Å². The fraction of sp³-hybridized carbons (Fsp3) is 0.333. The quantitative estimate of drug-likeness (QED) is 0.438. The molecule has 1 aromatic heterocycles. The molecule has 0 aliphatic heterocycles. The number of aromatic nitrogens is 1. The molecular weight excluding hydrogens is 173 g/mol. The second-order valence-electron chi connectivity index (χ2n) is 1.91. The van der Waals surface area contributed by atoms with Crippen LogP contribution in [0.25, 0.3) is 0 Å². The van der Waals surface area contributed by atoms with Crippen LogP contribution in [0.4, 0.5) is 0 Å². The monoisotopic (exact) mass is 179 g/mol. The molecule has 0 saturated carbocycles. The van der Waals surface area contributed by atoms with Gasteiger partial charge in [0.1, 0.15) is 5.76 Å². The van der Waals surface area contributed by atoms with Crippen molar-refractivity contribution in [3.05, 3.63) is 17.8 Å². The number of carboxylic acids is 1. The fourth-order valence-electron chi connectivity index (χ4n) is 0.607. The maximum Gasteiger partial charge on any atom is 1.00 e. The Morgan fingerprint density at radius 3 is 2.82 bits per heavy atom. The summed E-state index contributed by atoms with van der Waals surface area (Å²) in [6.07, 6.45) is 1.21. The van der Waals surface area contributed by atoms with Gasteiger partial charge in [-0.2, -0.15) is 0 Å². The van der Waals surface area contributed by atoms with Crippen molar-refractivity contribution >= 4 is 5.97 Å². The van der Waals surface area contributed by atoms with Crippen LogP contribution >= 0.6 is 0 Å². The summed E-state index contributed by atoms with van der Waals surface area (Å²) in [5.74, 6) is -0.379. The minimum absolute atomic E-state index is 0. The molecule has 0 aliphatic carbocycles. The molecule has 0 atom stereocenters. The molecule has 0 bridgehead atoms. The van der Waals surface area contributed by atoms with Crippen LogP contribution in [0.5, 0.6) is 0 Å². The molecule has 0 fully saturated rings. The molecule has 1 aromatic rings. The zero-order chi connectivity index (χ0) is 7.56. The Hall–Kier alpha value is 0.316. The zero-order valence-corrected chi connectivity index (χ0v) is 9.58. The number of rotatable bonds is 2. The summed E-state index contributed by atoms with van der Waals surface area (Å²) < 4.78 is 4.86. The van der Waals surface area contributed by atoms with Crippen molar-refractivity contribution in [1.82, 2.24) is 4.98 Å². The van der Waals surface area contributed by atoms with E-state index in [1.807, 2.05) is 0 Å². The molecule has 0 saturated heterocycles. The Bertz CT molecular complexity index is 246. The third kappa shape index (κ3) is 4.02. The zero-order valence-electron chi connectivity index (χ0n) is 6.46. The fourth-order valence-corrected chi connectivity index (χ4v) is 0.607. The average molecular weight is 179 g/mol. The summed E-state index contributed by atoms with van der Waals surface area (Å²) in [5, 5.41) is 9.97. The molecule has 11 heavy (non-hydrogen) atoms. The largest absolute Gasteiger partial charge is 1.00 e. The summed E-state index contributed by atoms with van der Waals surface area (Å²) in [7, 11) is 0. The van der Waals surface area contributed by atoms with Gasteiger partial charge in [0.2, 0.25) is 0 Å². The van der Waals surface area contributed by atoms with Crippen LogP contribution in [-0.2, 0) is 11.2 Å². The van der Waals surface area contributed by atoms with Crippen LogP contribution in [0.2, 0.25) is 0 Å². The molecule has 0 radical (unpaired) electrons. The standard InChI is InChI=1S/C6H7NO3.K/c1-4-3-7-5(10-4)2-6(8)9;/h3H,2H2,1H3,(H,8,9);/q;+1/p-1. The first kappa shape index (κ1) is 11.3. The summed E-state index contributed by atoms with van der Waals surface area (Å²) in [6.45, 7) is 1.70. The second-order valence-corrected chi connectivity index (χ2v) is 1.91. The van der Waals surface area contributed by atoms with Crippen molar-refractivity contribution in [1.29, 1.82) is 0 Å². The third-order valence-electron chi connectivity index (χ3n) is 0.965.